The number of carbonyl (C=O) groups is 2. The quantitative estimate of drug-likeness (QED) is 0.445. The van der Waals surface area contributed by atoms with Gasteiger partial charge in [-0.3, -0.25) is 9.59 Å². The van der Waals surface area contributed by atoms with E-state index >= 15 is 0 Å². The Morgan fingerprint density at radius 2 is 1.97 bits per heavy atom. The molecule has 6 N–H and O–H groups in total. The van der Waals surface area contributed by atoms with Crippen molar-refractivity contribution in [1.82, 2.24) is 15.3 Å². The molecule has 2 heterocycles. The molecule has 4 rings (SSSR count). The molecule has 1 aliphatic heterocycles. The summed E-state index contributed by atoms with van der Waals surface area (Å²) in [7, 11) is 1.59. The molecule has 0 unspecified atom stereocenters. The Bertz CT molecular complexity index is 946. The van der Waals surface area contributed by atoms with Gasteiger partial charge in [-0.15, -0.1) is 0 Å². The van der Waals surface area contributed by atoms with Crippen LogP contribution in [-0.4, -0.2) is 58.7 Å². The molecule has 0 bridgehead atoms. The van der Waals surface area contributed by atoms with Crippen LogP contribution in [0.5, 0.6) is 0 Å². The highest BCUT2D eigenvalue weighted by Gasteiger charge is 2.35. The van der Waals surface area contributed by atoms with Gasteiger partial charge < -0.3 is 31.7 Å². The van der Waals surface area contributed by atoms with Crippen molar-refractivity contribution in [3.8, 4) is 0 Å². The number of aliphatic hydroxyl groups excluding tert-OH is 1. The molecule has 1 saturated carbocycles. The molecule has 10 heteroatoms. The van der Waals surface area contributed by atoms with Crippen LogP contribution in [0.15, 0.2) is 30.5 Å². The van der Waals surface area contributed by atoms with Gasteiger partial charge in [0.15, 0.2) is 0 Å². The monoisotopic (exact) mass is 411 g/mol. The number of benzene rings is 1. The molecular formula is C20H25N7O3. The lowest BCUT2D eigenvalue weighted by atomic mass is 10.1. The summed E-state index contributed by atoms with van der Waals surface area (Å²) in [5.41, 5.74) is 7.26. The fourth-order valence-corrected chi connectivity index (χ4v) is 3.53. The number of nitrogens with two attached hydrogens (primary N) is 1. The van der Waals surface area contributed by atoms with E-state index in [1.54, 1.807) is 7.05 Å². The zero-order valence-electron chi connectivity index (χ0n) is 16.6. The van der Waals surface area contributed by atoms with Crippen molar-refractivity contribution in [3.63, 3.8) is 0 Å². The van der Waals surface area contributed by atoms with Crippen molar-refractivity contribution in [1.29, 1.82) is 0 Å². The van der Waals surface area contributed by atoms with Gasteiger partial charge in [-0.05, 0) is 37.1 Å². The third-order valence-electron chi connectivity index (χ3n) is 5.26. The van der Waals surface area contributed by atoms with E-state index in [1.165, 1.54) is 6.20 Å². The summed E-state index contributed by atoms with van der Waals surface area (Å²) in [5, 5.41) is 19.0. The van der Waals surface area contributed by atoms with Gasteiger partial charge in [0.1, 0.15) is 11.9 Å². The maximum atomic E-state index is 12.1. The van der Waals surface area contributed by atoms with Crippen molar-refractivity contribution in [2.45, 2.75) is 37.5 Å². The lowest BCUT2D eigenvalue weighted by Crippen LogP contribution is -2.41. The number of rotatable bonds is 7. The molecule has 158 valence electrons. The smallest absolute Gasteiger partial charge is 0.254 e. The summed E-state index contributed by atoms with van der Waals surface area (Å²) in [6.45, 7) is 0.402. The number of hydrogen-bond acceptors (Lipinski definition) is 8. The number of aromatic nitrogens is 2. The van der Waals surface area contributed by atoms with Gasteiger partial charge in [0.25, 0.3) is 5.91 Å². The van der Waals surface area contributed by atoms with Gasteiger partial charge in [-0.2, -0.15) is 4.98 Å². The summed E-state index contributed by atoms with van der Waals surface area (Å²) in [4.78, 5) is 34.2. The molecule has 2 atom stereocenters. The Morgan fingerprint density at radius 1 is 1.23 bits per heavy atom. The zero-order valence-corrected chi connectivity index (χ0v) is 16.6. The second-order valence-corrected chi connectivity index (χ2v) is 7.58. The lowest BCUT2D eigenvalue weighted by molar-refractivity contribution is -0.121. The van der Waals surface area contributed by atoms with E-state index in [2.05, 4.69) is 25.9 Å². The number of carbonyl (C=O) groups excluding carboxylic acids is 2. The van der Waals surface area contributed by atoms with Gasteiger partial charge in [0, 0.05) is 43.6 Å². The number of β-amino-alcohol motifs (C(OH)–C–C–N with tert-alkyl or cyclic N) is 1. The molecule has 30 heavy (non-hydrogen) atoms. The normalized spacial score (nSPS) is 20.7. The van der Waals surface area contributed by atoms with Crippen LogP contribution in [0.2, 0.25) is 0 Å². The number of nitrogens with one attached hydrogen (secondary N) is 3. The highest BCUT2D eigenvalue weighted by molar-refractivity contribution is 5.97. The van der Waals surface area contributed by atoms with Gasteiger partial charge in [-0.25, -0.2) is 4.98 Å². The van der Waals surface area contributed by atoms with E-state index in [9.17, 15) is 14.7 Å². The predicted octanol–water partition coefficient (Wildman–Crippen LogP) is 0.579. The molecule has 1 saturated heterocycles. The van der Waals surface area contributed by atoms with Crippen LogP contribution < -0.4 is 26.6 Å². The first kappa shape index (κ1) is 19.9. The minimum atomic E-state index is -0.576. The van der Waals surface area contributed by atoms with Gasteiger partial charge in [-0.1, -0.05) is 0 Å². The van der Waals surface area contributed by atoms with Gasteiger partial charge >= 0.3 is 0 Å². The minimum absolute atomic E-state index is 0.118. The largest absolute Gasteiger partial charge is 0.391 e. The molecule has 2 aliphatic rings. The SMILES string of the molecule is CNC(=O)[C@@H]1C[C@H](O)CN1c1ccc(Nc2ncc(C(N)=O)c(NC3CC3)n2)cc1. The minimum Gasteiger partial charge on any atom is -0.391 e. The van der Waals surface area contributed by atoms with Crippen molar-refractivity contribution in [2.75, 3.05) is 29.1 Å². The Labute approximate surface area is 173 Å². The van der Waals surface area contributed by atoms with Crippen LogP contribution in [0.3, 0.4) is 0 Å². The maximum absolute atomic E-state index is 12.1. The van der Waals surface area contributed by atoms with Crippen molar-refractivity contribution >= 4 is 35.0 Å². The summed E-state index contributed by atoms with van der Waals surface area (Å²) in [6, 6.07) is 7.36. The Balaban J connectivity index is 1.49. The first-order valence-electron chi connectivity index (χ1n) is 9.91. The highest BCUT2D eigenvalue weighted by Crippen LogP contribution is 2.29. The van der Waals surface area contributed by atoms with E-state index in [4.69, 9.17) is 5.73 Å². The second-order valence-electron chi connectivity index (χ2n) is 7.58. The van der Waals surface area contributed by atoms with E-state index in [-0.39, 0.29) is 11.5 Å². The van der Waals surface area contributed by atoms with Crippen LogP contribution in [-0.2, 0) is 4.79 Å². The molecule has 2 aromatic rings. The summed E-state index contributed by atoms with van der Waals surface area (Å²) >= 11 is 0. The van der Waals surface area contributed by atoms with E-state index in [0.29, 0.717) is 30.8 Å². The summed E-state index contributed by atoms with van der Waals surface area (Å²) in [5.74, 6) is 0.0780. The molecule has 0 spiro atoms. The Morgan fingerprint density at radius 3 is 2.60 bits per heavy atom. The molecule has 0 radical (unpaired) electrons. The summed E-state index contributed by atoms with van der Waals surface area (Å²) in [6.07, 6.45) is 3.34. The van der Waals surface area contributed by atoms with Gasteiger partial charge in [0.2, 0.25) is 11.9 Å². The van der Waals surface area contributed by atoms with E-state index in [0.717, 1.165) is 24.2 Å². The van der Waals surface area contributed by atoms with Crippen molar-refractivity contribution in [2.24, 2.45) is 5.73 Å². The van der Waals surface area contributed by atoms with Gasteiger partial charge in [0.05, 0.1) is 11.7 Å². The van der Waals surface area contributed by atoms with E-state index < -0.39 is 18.1 Å². The predicted molar refractivity (Wildman–Crippen MR) is 113 cm³/mol. The van der Waals surface area contributed by atoms with Crippen LogP contribution >= 0.6 is 0 Å². The molecule has 2 amide bonds. The number of nitrogens with zero attached hydrogens (tertiary/aromatic N) is 3. The number of likely N-dealkylation sites (N-methyl/N-ethyl adjacent to an activating group) is 1. The van der Waals surface area contributed by atoms with Crippen molar-refractivity contribution in [3.05, 3.63) is 36.0 Å². The number of amides is 2. The van der Waals surface area contributed by atoms with Crippen LogP contribution in [0.25, 0.3) is 0 Å². The first-order valence-corrected chi connectivity index (χ1v) is 9.91. The molecule has 2 fully saturated rings. The summed E-state index contributed by atoms with van der Waals surface area (Å²) < 4.78 is 0. The molecule has 1 aliphatic carbocycles. The van der Waals surface area contributed by atoms with Crippen LogP contribution in [0.4, 0.5) is 23.1 Å². The Kier molecular flexibility index (Phi) is 5.40. The number of primary amides is 1. The average Bonchev–Trinajstić information content (AvgIpc) is 3.46. The molecule has 1 aromatic heterocycles. The number of anilines is 4. The maximum Gasteiger partial charge on any atom is 0.254 e. The zero-order chi connectivity index (χ0) is 21.3. The third-order valence-corrected chi connectivity index (χ3v) is 5.26. The number of aliphatic hydroxyl groups is 1. The highest BCUT2D eigenvalue weighted by atomic mass is 16.3. The number of hydrogen-bond donors (Lipinski definition) is 5. The molecule has 10 nitrogen and oxygen atoms in total. The molecule has 1 aromatic carbocycles. The fraction of sp³-hybridized carbons (Fsp3) is 0.400. The standard InChI is InChI=1S/C20H25N7O3/c1-22-19(30)16-8-14(28)10-27(16)13-6-4-12(5-7-13)25-20-23-9-15(17(21)29)18(26-20)24-11-2-3-11/h4-7,9,11,14,16,28H,2-3,8,10H2,1H3,(H2,21,29)(H,22,30)(H2,23,24,25,26)/t14-,16-/m0/s1. The Hall–Kier alpha value is -3.40. The lowest BCUT2D eigenvalue weighted by Gasteiger charge is -2.25. The van der Waals surface area contributed by atoms with E-state index in [1.807, 2.05) is 29.2 Å². The first-order chi connectivity index (χ1) is 14.4. The second kappa shape index (κ2) is 8.15. The average molecular weight is 411 g/mol. The third kappa shape index (κ3) is 4.28. The molecular weight excluding hydrogens is 386 g/mol. The van der Waals surface area contributed by atoms with Crippen LogP contribution in [0.1, 0.15) is 29.6 Å². The fourth-order valence-electron chi connectivity index (χ4n) is 3.53. The van der Waals surface area contributed by atoms with Crippen molar-refractivity contribution < 1.29 is 14.7 Å². The van der Waals surface area contributed by atoms with Crippen LogP contribution in [0, 0.1) is 0 Å². The topological polar surface area (TPSA) is 146 Å².